The van der Waals surface area contributed by atoms with Gasteiger partial charge in [-0.25, -0.2) is 4.98 Å². The van der Waals surface area contributed by atoms with E-state index in [2.05, 4.69) is 10.1 Å². The van der Waals surface area contributed by atoms with Crippen LogP contribution in [0.4, 0.5) is 5.13 Å². The molecule has 10 heteroatoms. The van der Waals surface area contributed by atoms with Gasteiger partial charge in [-0.1, -0.05) is 34.5 Å². The average Bonchev–Trinajstić information content (AvgIpc) is 3.42. The highest BCUT2D eigenvalue weighted by Gasteiger charge is 2.21. The molecule has 0 N–H and O–H groups in total. The molecule has 7 nitrogen and oxygen atoms in total. The van der Waals surface area contributed by atoms with Crippen molar-refractivity contribution in [2.24, 2.45) is 0 Å². The van der Waals surface area contributed by atoms with E-state index in [9.17, 15) is 4.79 Å². The van der Waals surface area contributed by atoms with Crippen LogP contribution in [0.2, 0.25) is 10.0 Å². The molecule has 0 saturated heterocycles. The van der Waals surface area contributed by atoms with Crippen molar-refractivity contribution in [3.8, 4) is 11.5 Å². The van der Waals surface area contributed by atoms with Crippen molar-refractivity contribution in [3.05, 3.63) is 64.9 Å². The zero-order valence-corrected chi connectivity index (χ0v) is 18.8. The van der Waals surface area contributed by atoms with Gasteiger partial charge in [-0.3, -0.25) is 14.4 Å². The lowest BCUT2D eigenvalue weighted by Crippen LogP contribution is -2.37. The van der Waals surface area contributed by atoms with Gasteiger partial charge in [0.15, 0.2) is 11.7 Å². The van der Waals surface area contributed by atoms with Gasteiger partial charge in [0.05, 0.1) is 28.9 Å². The average molecular weight is 477 g/mol. The molecule has 160 valence electrons. The second-order valence-electron chi connectivity index (χ2n) is 6.51. The third kappa shape index (κ3) is 5.10. The number of nitrogens with zero attached hydrogens (tertiary/aromatic N) is 4. The van der Waals surface area contributed by atoms with Crippen LogP contribution in [-0.4, -0.2) is 40.9 Å². The molecule has 1 amide bonds. The van der Waals surface area contributed by atoms with Gasteiger partial charge in [0.1, 0.15) is 11.5 Å². The van der Waals surface area contributed by atoms with Crippen LogP contribution in [0.3, 0.4) is 0 Å². The predicted octanol–water partition coefficient (Wildman–Crippen LogP) is 4.92. The van der Waals surface area contributed by atoms with Crippen LogP contribution in [0.5, 0.6) is 11.5 Å². The van der Waals surface area contributed by atoms with Crippen LogP contribution in [0.25, 0.3) is 10.2 Å². The number of aromatic nitrogens is 3. The molecule has 0 radical (unpaired) electrons. The maximum atomic E-state index is 13.1. The van der Waals surface area contributed by atoms with Gasteiger partial charge < -0.3 is 9.47 Å². The maximum Gasteiger partial charge on any atom is 0.266 e. The molecule has 0 aliphatic rings. The van der Waals surface area contributed by atoms with Crippen LogP contribution in [-0.2, 0) is 11.3 Å². The van der Waals surface area contributed by atoms with Crippen molar-refractivity contribution in [2.45, 2.75) is 6.54 Å². The van der Waals surface area contributed by atoms with Crippen LogP contribution in [0, 0.1) is 0 Å². The molecule has 4 aromatic rings. The highest BCUT2D eigenvalue weighted by molar-refractivity contribution is 7.22. The highest BCUT2D eigenvalue weighted by atomic mass is 35.5. The first kappa shape index (κ1) is 21.4. The number of carbonyl (C=O) groups is 1. The number of rotatable bonds is 8. The van der Waals surface area contributed by atoms with E-state index in [-0.39, 0.29) is 12.5 Å². The second-order valence-corrected chi connectivity index (χ2v) is 8.36. The molecular weight excluding hydrogens is 459 g/mol. The fourth-order valence-corrected chi connectivity index (χ4v) is 4.41. The number of hydrogen-bond acceptors (Lipinski definition) is 6. The normalized spacial score (nSPS) is 10.9. The molecule has 31 heavy (non-hydrogen) atoms. The Balaban J connectivity index is 1.56. The molecule has 0 aliphatic carbocycles. The van der Waals surface area contributed by atoms with Crippen LogP contribution in [0.15, 0.2) is 54.9 Å². The number of amides is 1. The quantitative estimate of drug-likeness (QED) is 0.360. The fraction of sp³-hybridized carbons (Fsp3) is 0.190. The summed E-state index contributed by atoms with van der Waals surface area (Å²) in [4.78, 5) is 19.3. The second kappa shape index (κ2) is 9.55. The largest absolute Gasteiger partial charge is 0.497 e. The maximum absolute atomic E-state index is 13.1. The van der Waals surface area contributed by atoms with Gasteiger partial charge in [0.2, 0.25) is 0 Å². The van der Waals surface area contributed by atoms with Gasteiger partial charge >= 0.3 is 0 Å². The smallest absolute Gasteiger partial charge is 0.266 e. The summed E-state index contributed by atoms with van der Waals surface area (Å²) in [6, 6.07) is 12.3. The Labute approximate surface area is 192 Å². The number of methoxy groups -OCH3 is 1. The monoisotopic (exact) mass is 476 g/mol. The Morgan fingerprint density at radius 1 is 1.23 bits per heavy atom. The van der Waals surface area contributed by atoms with E-state index in [1.807, 2.05) is 30.5 Å². The molecule has 0 spiro atoms. The van der Waals surface area contributed by atoms with E-state index in [0.29, 0.717) is 34.0 Å². The molecule has 0 fully saturated rings. The van der Waals surface area contributed by atoms with Gasteiger partial charge in [-0.15, -0.1) is 0 Å². The SMILES string of the molecule is COc1ccc2nc(N(CCn3cccn3)C(=O)COc3ccc(Cl)cc3Cl)sc2c1. The third-order valence-electron chi connectivity index (χ3n) is 4.47. The molecule has 0 saturated carbocycles. The molecule has 2 aromatic heterocycles. The summed E-state index contributed by atoms with van der Waals surface area (Å²) in [6.45, 7) is 0.703. The first-order valence-electron chi connectivity index (χ1n) is 9.34. The van der Waals surface area contributed by atoms with Gasteiger partial charge in [0.25, 0.3) is 5.91 Å². The van der Waals surface area contributed by atoms with Crippen molar-refractivity contribution in [2.75, 3.05) is 25.2 Å². The first-order chi connectivity index (χ1) is 15.0. The Kier molecular flexibility index (Phi) is 6.60. The van der Waals surface area contributed by atoms with Crippen molar-refractivity contribution in [1.29, 1.82) is 0 Å². The number of halogens is 2. The molecule has 2 heterocycles. The Hall–Kier alpha value is -2.81. The van der Waals surface area contributed by atoms with E-state index >= 15 is 0 Å². The zero-order chi connectivity index (χ0) is 21.8. The zero-order valence-electron chi connectivity index (χ0n) is 16.5. The highest BCUT2D eigenvalue weighted by Crippen LogP contribution is 2.32. The summed E-state index contributed by atoms with van der Waals surface area (Å²) in [7, 11) is 1.61. The number of fused-ring (bicyclic) bond motifs is 1. The molecule has 4 rings (SSSR count). The third-order valence-corrected chi connectivity index (χ3v) is 6.04. The lowest BCUT2D eigenvalue weighted by atomic mass is 10.3. The van der Waals surface area contributed by atoms with E-state index in [0.717, 1.165) is 16.0 Å². The van der Waals surface area contributed by atoms with Crippen LogP contribution < -0.4 is 14.4 Å². The van der Waals surface area contributed by atoms with Crippen molar-refractivity contribution in [1.82, 2.24) is 14.8 Å². The van der Waals surface area contributed by atoms with E-state index < -0.39 is 0 Å². The number of thiazole rings is 1. The molecular formula is C21H18Cl2N4O3S. The number of carbonyl (C=O) groups excluding carboxylic acids is 1. The fourth-order valence-electron chi connectivity index (χ4n) is 2.91. The molecule has 0 aliphatic heterocycles. The lowest BCUT2D eigenvalue weighted by molar-refractivity contribution is -0.120. The summed E-state index contributed by atoms with van der Waals surface area (Å²) >= 11 is 13.5. The van der Waals surface area contributed by atoms with Gasteiger partial charge in [0, 0.05) is 24.0 Å². The number of anilines is 1. The minimum absolute atomic E-state index is 0.195. The standard InChI is InChI=1S/C21H18Cl2N4O3S/c1-29-15-4-5-17-19(12-15)31-21(25-17)27(10-9-26-8-2-7-24-26)20(28)13-30-18-6-3-14(22)11-16(18)23/h2-8,11-12H,9-10,13H2,1H3. The minimum Gasteiger partial charge on any atom is -0.497 e. The topological polar surface area (TPSA) is 69.5 Å². The van der Waals surface area contributed by atoms with E-state index in [1.54, 1.807) is 41.1 Å². The number of ether oxygens (including phenoxy) is 2. The van der Waals surface area contributed by atoms with Crippen LogP contribution >= 0.6 is 34.5 Å². The number of hydrogen-bond donors (Lipinski definition) is 0. The van der Waals surface area contributed by atoms with E-state index in [1.165, 1.54) is 11.3 Å². The minimum atomic E-state index is -0.246. The number of benzene rings is 2. The van der Waals surface area contributed by atoms with E-state index in [4.69, 9.17) is 32.7 Å². The van der Waals surface area contributed by atoms with Crippen LogP contribution in [0.1, 0.15) is 0 Å². The van der Waals surface area contributed by atoms with Crippen molar-refractivity contribution in [3.63, 3.8) is 0 Å². The Bertz CT molecular complexity index is 1200. The van der Waals surface area contributed by atoms with Crippen molar-refractivity contribution < 1.29 is 14.3 Å². The lowest BCUT2D eigenvalue weighted by Gasteiger charge is -2.20. The molecule has 0 unspecified atom stereocenters. The summed E-state index contributed by atoms with van der Waals surface area (Å²) < 4.78 is 13.6. The van der Waals surface area contributed by atoms with Crippen molar-refractivity contribution >= 4 is 55.8 Å². The van der Waals surface area contributed by atoms with Gasteiger partial charge in [-0.2, -0.15) is 5.10 Å². The first-order valence-corrected chi connectivity index (χ1v) is 10.9. The summed E-state index contributed by atoms with van der Waals surface area (Å²) in [6.07, 6.45) is 3.54. The molecule has 0 bridgehead atoms. The Morgan fingerprint density at radius 3 is 2.84 bits per heavy atom. The summed E-state index contributed by atoms with van der Waals surface area (Å²) in [5.74, 6) is 0.877. The molecule has 2 aromatic carbocycles. The molecule has 0 atom stereocenters. The summed E-state index contributed by atoms with van der Waals surface area (Å²) in [5.41, 5.74) is 0.791. The van der Waals surface area contributed by atoms with Gasteiger partial charge in [-0.05, 0) is 42.5 Å². The predicted molar refractivity (Wildman–Crippen MR) is 123 cm³/mol. The summed E-state index contributed by atoms with van der Waals surface area (Å²) in [5, 5.41) is 5.62. The Morgan fingerprint density at radius 2 is 2.10 bits per heavy atom.